The van der Waals surface area contributed by atoms with Gasteiger partial charge in [-0.2, -0.15) is 5.26 Å². The highest BCUT2D eigenvalue weighted by Gasteiger charge is 2.50. The summed E-state index contributed by atoms with van der Waals surface area (Å²) in [5.74, 6) is 0.396. The number of nitrogens with one attached hydrogen (secondary N) is 1. The molecule has 2 aliphatic carbocycles. The van der Waals surface area contributed by atoms with Gasteiger partial charge in [-0.15, -0.1) is 0 Å². The summed E-state index contributed by atoms with van der Waals surface area (Å²) in [6.45, 7) is 1.22. The number of amides is 1. The number of nitrogens with zero attached hydrogens (tertiary/aromatic N) is 1. The van der Waals surface area contributed by atoms with Crippen LogP contribution in [0.5, 0.6) is 0 Å². The van der Waals surface area contributed by atoms with Gasteiger partial charge in [0.25, 0.3) is 0 Å². The fourth-order valence-electron chi connectivity index (χ4n) is 4.82. The summed E-state index contributed by atoms with van der Waals surface area (Å²) in [6, 6.07) is 9.75. The molecule has 1 spiro atoms. The predicted molar refractivity (Wildman–Crippen MR) is 92.2 cm³/mol. The summed E-state index contributed by atoms with van der Waals surface area (Å²) in [7, 11) is 0. The minimum Gasteiger partial charge on any atom is -0.368 e. The predicted octanol–water partition coefficient (Wildman–Crippen LogP) is 3.51. The molecular weight excluding hydrogens is 300 g/mol. The van der Waals surface area contributed by atoms with E-state index in [2.05, 4.69) is 11.4 Å². The number of hydrogen-bond acceptors (Lipinski definition) is 3. The highest BCUT2D eigenvalue weighted by Crippen LogP contribution is 2.56. The molecule has 0 aromatic heterocycles. The Morgan fingerprint density at radius 3 is 2.75 bits per heavy atom. The molecule has 1 aromatic rings. The zero-order valence-electron chi connectivity index (χ0n) is 14.0. The first-order valence-corrected chi connectivity index (χ1v) is 9.10. The highest BCUT2D eigenvalue weighted by molar-refractivity contribution is 5.80. The van der Waals surface area contributed by atoms with E-state index < -0.39 is 5.60 Å². The molecule has 4 nitrogen and oxygen atoms in total. The molecule has 1 saturated heterocycles. The molecule has 0 radical (unpaired) electrons. The van der Waals surface area contributed by atoms with Gasteiger partial charge in [0, 0.05) is 13.8 Å². The first kappa shape index (κ1) is 15.7. The first-order valence-electron chi connectivity index (χ1n) is 9.10. The first-order chi connectivity index (χ1) is 11.7. The van der Waals surface area contributed by atoms with Crippen molar-refractivity contribution in [3.63, 3.8) is 0 Å². The molecule has 2 atom stereocenters. The molecule has 1 aliphatic heterocycles. The number of rotatable bonds is 4. The number of benzene rings is 1. The number of nitriles is 1. The number of ether oxygens (including phenoxy) is 1. The van der Waals surface area contributed by atoms with Gasteiger partial charge in [-0.1, -0.05) is 25.0 Å². The molecule has 3 fully saturated rings. The fraction of sp³-hybridized carbons (Fsp3) is 0.600. The lowest BCUT2D eigenvalue weighted by molar-refractivity contribution is -0.157. The Bertz CT molecular complexity index is 689. The van der Waals surface area contributed by atoms with E-state index in [0.29, 0.717) is 24.1 Å². The molecule has 1 amide bonds. The maximum absolute atomic E-state index is 12.8. The van der Waals surface area contributed by atoms with Crippen LogP contribution in [0, 0.1) is 22.7 Å². The van der Waals surface area contributed by atoms with Gasteiger partial charge >= 0.3 is 0 Å². The summed E-state index contributed by atoms with van der Waals surface area (Å²) in [5, 5.41) is 12.3. The molecule has 128 valence electrons. The van der Waals surface area contributed by atoms with Crippen molar-refractivity contribution < 1.29 is 11.0 Å². The third-order valence-electron chi connectivity index (χ3n) is 6.52. The molecule has 4 rings (SSSR count). The summed E-state index contributed by atoms with van der Waals surface area (Å²) in [5.41, 5.74) is 1.49. The maximum atomic E-state index is 12.8. The topological polar surface area (TPSA) is 62.1 Å². The molecule has 1 heterocycles. The highest BCUT2D eigenvalue weighted by atomic mass is 16.5. The Kier molecular flexibility index (Phi) is 3.85. The molecule has 1 N–H and O–H groups in total. The smallest absolute Gasteiger partial charge is 0.223 e. The molecule has 3 aliphatic rings. The normalized spacial score (nSPS) is 30.2. The van der Waals surface area contributed by atoms with Crippen LogP contribution in [0.4, 0.5) is 0 Å². The van der Waals surface area contributed by atoms with Crippen LogP contribution in [0.1, 0.15) is 57.5 Å². The zero-order valence-corrected chi connectivity index (χ0v) is 14.0. The van der Waals surface area contributed by atoms with Crippen molar-refractivity contribution in [2.75, 3.05) is 13.2 Å². The van der Waals surface area contributed by atoms with E-state index in [0.717, 1.165) is 18.4 Å². The third-order valence-corrected chi connectivity index (χ3v) is 6.52. The summed E-state index contributed by atoms with van der Waals surface area (Å²) in [6.07, 6.45) is 8.04. The van der Waals surface area contributed by atoms with Crippen molar-refractivity contribution in [1.29, 1.82) is 5.26 Å². The zero-order chi connectivity index (χ0) is 16.6. The second kappa shape index (κ2) is 5.89. The van der Waals surface area contributed by atoms with E-state index >= 15 is 0 Å². The Morgan fingerprint density at radius 2 is 2.12 bits per heavy atom. The van der Waals surface area contributed by atoms with Crippen molar-refractivity contribution in [3.8, 4) is 6.07 Å². The van der Waals surface area contributed by atoms with Crippen LogP contribution in [0.3, 0.4) is 0 Å². The molecule has 2 saturated carbocycles. The van der Waals surface area contributed by atoms with Gasteiger partial charge < -0.3 is 10.1 Å². The van der Waals surface area contributed by atoms with Gasteiger partial charge in [-0.05, 0) is 48.8 Å². The van der Waals surface area contributed by atoms with Gasteiger partial charge in [-0.25, -0.2) is 0 Å². The monoisotopic (exact) mass is 326 g/mol. The Labute approximate surface area is 144 Å². The van der Waals surface area contributed by atoms with E-state index in [-0.39, 0.29) is 13.3 Å². The van der Waals surface area contributed by atoms with Crippen molar-refractivity contribution in [2.45, 2.75) is 50.5 Å². The van der Waals surface area contributed by atoms with Crippen LogP contribution in [-0.2, 0) is 15.1 Å². The van der Waals surface area contributed by atoms with Gasteiger partial charge in [-0.3, -0.25) is 4.79 Å². The van der Waals surface area contributed by atoms with E-state index in [9.17, 15) is 4.79 Å². The number of carbonyl (C=O) groups is 1. The maximum Gasteiger partial charge on any atom is 0.223 e. The average molecular weight is 326 g/mol. The van der Waals surface area contributed by atoms with Gasteiger partial charge in [0.15, 0.2) is 0 Å². The van der Waals surface area contributed by atoms with E-state index in [4.69, 9.17) is 10.00 Å². The largest absolute Gasteiger partial charge is 0.368 e. The van der Waals surface area contributed by atoms with Gasteiger partial charge in [0.1, 0.15) is 5.60 Å². The van der Waals surface area contributed by atoms with E-state index in [1.54, 1.807) is 6.07 Å². The lowest BCUT2D eigenvalue weighted by atomic mass is 9.62. The fourth-order valence-corrected chi connectivity index (χ4v) is 4.82. The van der Waals surface area contributed by atoms with Gasteiger partial charge in [0.2, 0.25) is 5.91 Å². The summed E-state index contributed by atoms with van der Waals surface area (Å²) in [4.78, 5) is 12.8. The van der Waals surface area contributed by atoms with Crippen molar-refractivity contribution >= 4 is 5.91 Å². The average Bonchev–Trinajstić information content (AvgIpc) is 2.99. The Balaban J connectivity index is 0.00000182. The van der Waals surface area contributed by atoms with Crippen LogP contribution in [-0.4, -0.2) is 19.1 Å². The van der Waals surface area contributed by atoms with Crippen LogP contribution in [0.25, 0.3) is 0 Å². The lowest BCUT2D eigenvalue weighted by Crippen LogP contribution is -2.52. The minimum atomic E-state index is -0.450. The quantitative estimate of drug-likeness (QED) is 0.921. The van der Waals surface area contributed by atoms with E-state index in [1.807, 2.05) is 18.2 Å². The third kappa shape index (κ3) is 2.43. The Hall–Kier alpha value is -1.86. The molecular formula is C20H26N2O2. The van der Waals surface area contributed by atoms with E-state index in [1.165, 1.54) is 32.1 Å². The Morgan fingerprint density at radius 1 is 1.33 bits per heavy atom. The van der Waals surface area contributed by atoms with Crippen LogP contribution < -0.4 is 5.32 Å². The van der Waals surface area contributed by atoms with Crippen molar-refractivity contribution in [1.82, 2.24) is 5.32 Å². The second-order valence-electron chi connectivity index (χ2n) is 7.66. The summed E-state index contributed by atoms with van der Waals surface area (Å²) >= 11 is 0. The standard InChI is InChI=1S/C20H24N2O2.H2/c21-13-15-4-1-5-16(12-15)20(10-11-24-20)14-22-18(23)17-6-2-7-19(17)8-3-9-19;/h1,4-5,12,17H,2-3,6-11,14H2,(H,22,23);1H/t17?,20-;/m1./s1. The van der Waals surface area contributed by atoms with Crippen molar-refractivity contribution in [2.24, 2.45) is 11.3 Å². The molecule has 1 aromatic carbocycles. The molecule has 4 heteroatoms. The van der Waals surface area contributed by atoms with Crippen LogP contribution in [0.2, 0.25) is 0 Å². The second-order valence-corrected chi connectivity index (χ2v) is 7.66. The number of hydrogen-bond donors (Lipinski definition) is 1. The molecule has 24 heavy (non-hydrogen) atoms. The summed E-state index contributed by atoms with van der Waals surface area (Å²) < 4.78 is 5.89. The molecule has 1 unspecified atom stereocenters. The lowest BCUT2D eigenvalue weighted by Gasteiger charge is -2.45. The van der Waals surface area contributed by atoms with Crippen LogP contribution >= 0.6 is 0 Å². The minimum absolute atomic E-state index is 0. The van der Waals surface area contributed by atoms with Crippen LogP contribution in [0.15, 0.2) is 24.3 Å². The molecule has 0 bridgehead atoms. The number of carbonyl (C=O) groups excluding carboxylic acids is 1. The van der Waals surface area contributed by atoms with Crippen molar-refractivity contribution in [3.05, 3.63) is 35.4 Å². The van der Waals surface area contributed by atoms with Gasteiger partial charge in [0.05, 0.1) is 24.8 Å². The SMILES string of the molecule is N#Cc1cccc([C@]2(CNC(=O)C3CCCC34CCC4)CCO2)c1.[HH].